The molecular formula is C18H24ClN3O3S. The Labute approximate surface area is 163 Å². The Balaban J connectivity index is 1.90. The summed E-state index contributed by atoms with van der Waals surface area (Å²) in [7, 11) is 0. The number of halogens is 1. The molecule has 0 N–H and O–H groups in total. The van der Waals surface area contributed by atoms with Crippen LogP contribution in [-0.4, -0.2) is 19.9 Å². The molecule has 1 unspecified atom stereocenters. The Hall–Kier alpha value is -1.73. The van der Waals surface area contributed by atoms with Gasteiger partial charge in [0.2, 0.25) is 0 Å². The molecule has 0 radical (unpaired) electrons. The van der Waals surface area contributed by atoms with E-state index in [2.05, 4.69) is 28.9 Å². The largest absolute Gasteiger partial charge is 0.312 e. The van der Waals surface area contributed by atoms with Crippen molar-refractivity contribution < 1.29 is 9.92 Å². The predicted octanol–water partition coefficient (Wildman–Crippen LogP) is 5.38. The first-order chi connectivity index (χ1) is 12.6. The second kappa shape index (κ2) is 11.1. The summed E-state index contributed by atoms with van der Waals surface area (Å²) >= 11 is 7.86. The Morgan fingerprint density at radius 1 is 1.31 bits per heavy atom. The van der Waals surface area contributed by atoms with Crippen LogP contribution < -0.4 is 4.84 Å². The molecule has 0 bridgehead atoms. The summed E-state index contributed by atoms with van der Waals surface area (Å²) in [5.74, 6) is 0.927. The van der Waals surface area contributed by atoms with Crippen LogP contribution in [0.5, 0.6) is 6.01 Å². The second-order valence-corrected chi connectivity index (χ2v) is 7.79. The molecule has 6 nitrogen and oxygen atoms in total. The van der Waals surface area contributed by atoms with E-state index in [1.54, 1.807) is 10.8 Å². The van der Waals surface area contributed by atoms with Gasteiger partial charge in [-0.25, -0.2) is 9.82 Å². The molecule has 0 aliphatic heterocycles. The molecule has 26 heavy (non-hydrogen) atoms. The number of thioether (sulfide) groups is 1. The third-order valence-electron chi connectivity index (χ3n) is 4.05. The molecule has 0 amide bonds. The lowest BCUT2D eigenvalue weighted by Crippen LogP contribution is -2.13. The normalized spacial score (nSPS) is 12.1. The Kier molecular flexibility index (Phi) is 8.77. The average Bonchev–Trinajstić information content (AvgIpc) is 3.04. The van der Waals surface area contributed by atoms with Crippen LogP contribution in [0.2, 0.25) is 5.02 Å². The summed E-state index contributed by atoms with van der Waals surface area (Å²) in [6, 6.07) is 7.96. The van der Waals surface area contributed by atoms with Crippen LogP contribution in [0.15, 0.2) is 36.7 Å². The maximum atomic E-state index is 10.5. The second-order valence-electron chi connectivity index (χ2n) is 6.06. The molecule has 0 saturated carbocycles. The third kappa shape index (κ3) is 7.25. The van der Waals surface area contributed by atoms with E-state index in [1.165, 1.54) is 31.0 Å². The minimum Gasteiger partial charge on any atom is -0.312 e. The first-order valence-electron chi connectivity index (χ1n) is 8.78. The van der Waals surface area contributed by atoms with Crippen molar-refractivity contribution in [3.63, 3.8) is 0 Å². The Bertz CT molecular complexity index is 679. The highest BCUT2D eigenvalue weighted by molar-refractivity contribution is 7.99. The van der Waals surface area contributed by atoms with Crippen molar-refractivity contribution in [3.8, 4) is 6.01 Å². The number of rotatable bonds is 12. The van der Waals surface area contributed by atoms with E-state index < -0.39 is 5.09 Å². The van der Waals surface area contributed by atoms with Crippen molar-refractivity contribution in [2.75, 3.05) is 0 Å². The van der Waals surface area contributed by atoms with Crippen molar-refractivity contribution in [2.24, 2.45) is 0 Å². The SMILES string of the molecule is CCCCCC(CCn1ccnc1O[N+](=O)[O-])SCc1ccc(Cl)cc1. The first-order valence-corrected chi connectivity index (χ1v) is 10.2. The molecule has 0 spiro atoms. The number of imidazole rings is 1. The van der Waals surface area contributed by atoms with Crippen molar-refractivity contribution in [1.82, 2.24) is 9.55 Å². The smallest absolute Gasteiger partial charge is 0.302 e. The van der Waals surface area contributed by atoms with Crippen molar-refractivity contribution >= 4 is 23.4 Å². The van der Waals surface area contributed by atoms with Gasteiger partial charge in [-0.1, -0.05) is 49.9 Å². The van der Waals surface area contributed by atoms with E-state index in [0.29, 0.717) is 11.8 Å². The summed E-state index contributed by atoms with van der Waals surface area (Å²) in [5.41, 5.74) is 1.25. The molecule has 2 aromatic rings. The standard InChI is InChI=1S/C18H24ClN3O3S/c1-2-3-4-5-17(26-14-15-6-8-16(19)9-7-15)10-12-21-13-11-20-18(21)25-22(23)24/h6-9,11,13,17H,2-5,10,12,14H2,1H3. The van der Waals surface area contributed by atoms with Gasteiger partial charge in [0.1, 0.15) is 0 Å². The molecule has 1 atom stereocenters. The number of benzene rings is 1. The predicted molar refractivity (Wildman–Crippen MR) is 105 cm³/mol. The fourth-order valence-corrected chi connectivity index (χ4v) is 3.99. The molecule has 1 aromatic heterocycles. The van der Waals surface area contributed by atoms with Gasteiger partial charge in [-0.3, -0.25) is 0 Å². The van der Waals surface area contributed by atoms with Crippen LogP contribution in [0, 0.1) is 10.1 Å². The topological polar surface area (TPSA) is 70.2 Å². The molecule has 1 heterocycles. The van der Waals surface area contributed by atoms with E-state index >= 15 is 0 Å². The van der Waals surface area contributed by atoms with Crippen LogP contribution in [0.3, 0.4) is 0 Å². The molecular weight excluding hydrogens is 374 g/mol. The van der Waals surface area contributed by atoms with Gasteiger partial charge in [-0.2, -0.15) is 11.8 Å². The zero-order valence-corrected chi connectivity index (χ0v) is 16.4. The fourth-order valence-electron chi connectivity index (χ4n) is 2.64. The quantitative estimate of drug-likeness (QED) is 0.273. The molecule has 1 aromatic carbocycles. The fraction of sp³-hybridized carbons (Fsp3) is 0.500. The van der Waals surface area contributed by atoms with E-state index in [1.807, 2.05) is 23.9 Å². The van der Waals surface area contributed by atoms with Crippen LogP contribution >= 0.6 is 23.4 Å². The Morgan fingerprint density at radius 2 is 2.08 bits per heavy atom. The lowest BCUT2D eigenvalue weighted by atomic mass is 10.1. The lowest BCUT2D eigenvalue weighted by molar-refractivity contribution is -0.713. The van der Waals surface area contributed by atoms with Crippen molar-refractivity contribution in [2.45, 2.75) is 56.6 Å². The van der Waals surface area contributed by atoms with Gasteiger partial charge in [-0.15, -0.1) is 10.1 Å². The van der Waals surface area contributed by atoms with Gasteiger partial charge in [-0.05, 0) is 30.5 Å². The van der Waals surface area contributed by atoms with Crippen LogP contribution in [0.1, 0.15) is 44.6 Å². The highest BCUT2D eigenvalue weighted by Crippen LogP contribution is 2.27. The van der Waals surface area contributed by atoms with Gasteiger partial charge < -0.3 is 4.57 Å². The molecule has 0 fully saturated rings. The van der Waals surface area contributed by atoms with Gasteiger partial charge in [0, 0.05) is 35.0 Å². The number of hydrogen-bond acceptors (Lipinski definition) is 5. The summed E-state index contributed by atoms with van der Waals surface area (Å²) in [6.45, 7) is 2.84. The highest BCUT2D eigenvalue weighted by atomic mass is 35.5. The van der Waals surface area contributed by atoms with E-state index in [-0.39, 0.29) is 6.01 Å². The minimum absolute atomic E-state index is 0.0324. The minimum atomic E-state index is -0.827. The summed E-state index contributed by atoms with van der Waals surface area (Å²) in [6.07, 6.45) is 8.88. The van der Waals surface area contributed by atoms with Gasteiger partial charge in [0.25, 0.3) is 6.01 Å². The van der Waals surface area contributed by atoms with Crippen LogP contribution in [0.25, 0.3) is 0 Å². The number of aryl methyl sites for hydroxylation is 1. The molecule has 8 heteroatoms. The van der Waals surface area contributed by atoms with E-state index in [0.717, 1.165) is 23.6 Å². The molecule has 0 saturated heterocycles. The number of aromatic nitrogens is 2. The first kappa shape index (κ1) is 20.6. The Morgan fingerprint density at radius 3 is 2.77 bits per heavy atom. The van der Waals surface area contributed by atoms with E-state index in [9.17, 15) is 10.1 Å². The molecule has 0 aliphatic carbocycles. The van der Waals surface area contributed by atoms with Gasteiger partial charge >= 0.3 is 5.09 Å². The van der Waals surface area contributed by atoms with Gasteiger partial charge in [0.15, 0.2) is 0 Å². The zero-order chi connectivity index (χ0) is 18.8. The zero-order valence-electron chi connectivity index (χ0n) is 14.8. The maximum absolute atomic E-state index is 10.5. The molecule has 0 aliphatic rings. The number of nitrogens with zero attached hydrogens (tertiary/aromatic N) is 3. The maximum Gasteiger partial charge on any atom is 0.302 e. The highest BCUT2D eigenvalue weighted by Gasteiger charge is 2.13. The number of unbranched alkanes of at least 4 members (excludes halogenated alkanes) is 2. The van der Waals surface area contributed by atoms with Gasteiger partial charge in [0.05, 0.1) is 0 Å². The summed E-state index contributed by atoms with van der Waals surface area (Å²) in [5, 5.41) is 10.9. The molecule has 142 valence electrons. The monoisotopic (exact) mass is 397 g/mol. The van der Waals surface area contributed by atoms with Crippen molar-refractivity contribution in [1.29, 1.82) is 0 Å². The number of hydrogen-bond donors (Lipinski definition) is 0. The van der Waals surface area contributed by atoms with Crippen molar-refractivity contribution in [3.05, 3.63) is 57.4 Å². The van der Waals surface area contributed by atoms with Crippen LogP contribution in [0.4, 0.5) is 0 Å². The summed E-state index contributed by atoms with van der Waals surface area (Å²) < 4.78 is 1.69. The average molecular weight is 398 g/mol. The van der Waals surface area contributed by atoms with Crippen LogP contribution in [-0.2, 0) is 12.3 Å². The molecule has 2 rings (SSSR count). The third-order valence-corrected chi connectivity index (χ3v) is 5.75. The summed E-state index contributed by atoms with van der Waals surface area (Å²) in [4.78, 5) is 18.9. The van der Waals surface area contributed by atoms with E-state index in [4.69, 9.17) is 11.6 Å². The lowest BCUT2D eigenvalue weighted by Gasteiger charge is -2.17.